The Balaban J connectivity index is 1.75. The number of pyridine rings is 1. The summed E-state index contributed by atoms with van der Waals surface area (Å²) in [6.07, 6.45) is 1.82. The second-order valence-electron chi connectivity index (χ2n) is 5.39. The van der Waals surface area contributed by atoms with Gasteiger partial charge in [-0.1, -0.05) is 12.1 Å². The van der Waals surface area contributed by atoms with Crippen LogP contribution in [0.3, 0.4) is 0 Å². The number of hydrogen-bond donors (Lipinski definition) is 0. The maximum Gasteiger partial charge on any atom is 0.274 e. The van der Waals surface area contributed by atoms with Gasteiger partial charge in [-0.2, -0.15) is 4.31 Å². The van der Waals surface area contributed by atoms with Gasteiger partial charge in [0, 0.05) is 18.2 Å². The highest BCUT2D eigenvalue weighted by Crippen LogP contribution is 2.22. The first-order chi connectivity index (χ1) is 11.5. The number of rotatable bonds is 4. The van der Waals surface area contributed by atoms with Crippen molar-refractivity contribution < 1.29 is 18.3 Å². The highest BCUT2D eigenvalue weighted by molar-refractivity contribution is 7.89. The van der Waals surface area contributed by atoms with Crippen LogP contribution in [0.15, 0.2) is 53.6 Å². The molecule has 1 fully saturated rings. The van der Waals surface area contributed by atoms with Gasteiger partial charge in [-0.15, -0.1) is 0 Å². The number of hydrogen-bond acceptors (Lipinski definition) is 5. The molecule has 2 aromatic rings. The van der Waals surface area contributed by atoms with Crippen molar-refractivity contribution in [1.29, 1.82) is 0 Å². The van der Waals surface area contributed by atoms with E-state index in [0.29, 0.717) is 26.2 Å². The number of nitrogens with one attached hydrogen (secondary N) is 1. The topological polar surface area (TPSA) is 97.9 Å². The number of nitrogens with zero attached hydrogens (tertiary/aromatic N) is 3. The molecule has 0 radical (unpaired) electrons. The molecule has 0 spiro atoms. The lowest BCUT2D eigenvalue weighted by atomic mass is 10.3. The van der Waals surface area contributed by atoms with Crippen LogP contribution >= 0.6 is 0 Å². The van der Waals surface area contributed by atoms with E-state index < -0.39 is 14.9 Å². The SMILES string of the molecule is O=[N+]([O-])c1cccc(S(=O)(=O)N2CCN(c3cccc[nH+]3)CC2)c1. The number of nitro groups is 1. The fourth-order valence-electron chi connectivity index (χ4n) is 2.66. The van der Waals surface area contributed by atoms with Crippen LogP contribution in [0.5, 0.6) is 0 Å². The Morgan fingerprint density at radius 1 is 1.04 bits per heavy atom. The van der Waals surface area contributed by atoms with Crippen molar-refractivity contribution >= 4 is 21.5 Å². The van der Waals surface area contributed by atoms with E-state index in [1.54, 1.807) is 0 Å². The van der Waals surface area contributed by atoms with E-state index in [9.17, 15) is 18.5 Å². The fourth-order valence-corrected chi connectivity index (χ4v) is 4.12. The average Bonchev–Trinajstić information content (AvgIpc) is 2.62. The van der Waals surface area contributed by atoms with E-state index in [1.807, 2.05) is 24.4 Å². The summed E-state index contributed by atoms with van der Waals surface area (Å²) in [4.78, 5) is 15.4. The summed E-state index contributed by atoms with van der Waals surface area (Å²) in [5.74, 6) is 0.935. The van der Waals surface area contributed by atoms with Gasteiger partial charge in [-0.3, -0.25) is 15.0 Å². The lowest BCUT2D eigenvalue weighted by Crippen LogP contribution is -2.49. The van der Waals surface area contributed by atoms with Gasteiger partial charge in [0.15, 0.2) is 0 Å². The van der Waals surface area contributed by atoms with Crippen LogP contribution in [0.25, 0.3) is 0 Å². The summed E-state index contributed by atoms with van der Waals surface area (Å²) in [6, 6.07) is 10.9. The van der Waals surface area contributed by atoms with Gasteiger partial charge in [0.1, 0.15) is 0 Å². The lowest BCUT2D eigenvalue weighted by molar-refractivity contribution is -0.385. The first-order valence-electron chi connectivity index (χ1n) is 7.45. The normalized spacial score (nSPS) is 16.1. The molecule has 8 nitrogen and oxygen atoms in total. The van der Waals surface area contributed by atoms with Crippen LogP contribution in [-0.2, 0) is 10.0 Å². The van der Waals surface area contributed by atoms with Crippen LogP contribution < -0.4 is 9.88 Å². The fraction of sp³-hybridized carbons (Fsp3) is 0.267. The minimum Gasteiger partial charge on any atom is -0.259 e. The molecular formula is C15H17N4O4S+. The van der Waals surface area contributed by atoms with Gasteiger partial charge in [0.05, 0.1) is 42.2 Å². The maximum absolute atomic E-state index is 12.7. The van der Waals surface area contributed by atoms with Crippen molar-refractivity contribution in [2.75, 3.05) is 31.1 Å². The van der Waals surface area contributed by atoms with Crippen molar-refractivity contribution in [2.24, 2.45) is 0 Å². The molecule has 1 N–H and O–H groups in total. The first-order valence-corrected chi connectivity index (χ1v) is 8.89. The van der Waals surface area contributed by atoms with E-state index in [1.165, 1.54) is 22.5 Å². The zero-order valence-electron chi connectivity index (χ0n) is 12.8. The Morgan fingerprint density at radius 3 is 2.42 bits per heavy atom. The smallest absolute Gasteiger partial charge is 0.259 e. The summed E-state index contributed by atoms with van der Waals surface area (Å²) >= 11 is 0. The van der Waals surface area contributed by atoms with Crippen LogP contribution in [0.2, 0.25) is 0 Å². The van der Waals surface area contributed by atoms with E-state index in [4.69, 9.17) is 0 Å². The van der Waals surface area contributed by atoms with Crippen molar-refractivity contribution in [3.8, 4) is 0 Å². The Morgan fingerprint density at radius 2 is 1.79 bits per heavy atom. The number of piperazine rings is 1. The summed E-state index contributed by atoms with van der Waals surface area (Å²) < 4.78 is 26.7. The number of anilines is 1. The minimum absolute atomic E-state index is 0.0450. The molecule has 1 aliphatic heterocycles. The monoisotopic (exact) mass is 349 g/mol. The molecule has 1 aliphatic rings. The second-order valence-corrected chi connectivity index (χ2v) is 7.33. The second kappa shape index (κ2) is 6.54. The Kier molecular flexibility index (Phi) is 4.45. The molecule has 3 rings (SSSR count). The number of benzene rings is 1. The summed E-state index contributed by atoms with van der Waals surface area (Å²) in [6.45, 7) is 1.75. The molecule has 24 heavy (non-hydrogen) atoms. The van der Waals surface area contributed by atoms with E-state index in [0.717, 1.165) is 11.9 Å². The largest absolute Gasteiger partial charge is 0.274 e. The molecule has 2 heterocycles. The summed E-state index contributed by atoms with van der Waals surface area (Å²) in [5.41, 5.74) is -0.228. The van der Waals surface area contributed by atoms with Crippen molar-refractivity contribution in [1.82, 2.24) is 4.31 Å². The number of H-pyrrole nitrogens is 1. The van der Waals surface area contributed by atoms with Crippen molar-refractivity contribution in [2.45, 2.75) is 4.90 Å². The number of aromatic amines is 1. The van der Waals surface area contributed by atoms with Gasteiger partial charge < -0.3 is 0 Å². The molecular weight excluding hydrogens is 332 g/mol. The standard InChI is InChI=1S/C15H16N4O4S/c20-19(21)13-4-3-5-14(12-13)24(22,23)18-10-8-17(9-11-18)15-6-1-2-7-16-15/h1-7,12H,8-11H2/p+1. The quantitative estimate of drug-likeness (QED) is 0.604. The highest BCUT2D eigenvalue weighted by atomic mass is 32.2. The Hall–Kier alpha value is -2.52. The van der Waals surface area contributed by atoms with Crippen LogP contribution in [0.1, 0.15) is 0 Å². The summed E-state index contributed by atoms with van der Waals surface area (Å²) in [5, 5.41) is 10.8. The van der Waals surface area contributed by atoms with Gasteiger partial charge in [0.25, 0.3) is 11.5 Å². The number of non-ortho nitro benzene ring substituents is 1. The molecule has 0 amide bonds. The zero-order valence-corrected chi connectivity index (χ0v) is 13.6. The molecule has 1 aromatic heterocycles. The molecule has 0 unspecified atom stereocenters. The third-order valence-corrected chi connectivity index (χ3v) is 5.83. The molecule has 1 saturated heterocycles. The van der Waals surface area contributed by atoms with Gasteiger partial charge >= 0.3 is 0 Å². The predicted molar refractivity (Wildman–Crippen MR) is 87.1 cm³/mol. The molecule has 126 valence electrons. The molecule has 0 aliphatic carbocycles. The predicted octanol–water partition coefficient (Wildman–Crippen LogP) is 0.920. The van der Waals surface area contributed by atoms with E-state index in [-0.39, 0.29) is 10.6 Å². The maximum atomic E-state index is 12.7. The first kappa shape index (κ1) is 16.3. The average molecular weight is 349 g/mol. The molecule has 0 bridgehead atoms. The van der Waals surface area contributed by atoms with E-state index >= 15 is 0 Å². The lowest BCUT2D eigenvalue weighted by Gasteiger charge is -2.30. The summed E-state index contributed by atoms with van der Waals surface area (Å²) in [7, 11) is -3.73. The zero-order chi connectivity index (χ0) is 17.2. The van der Waals surface area contributed by atoms with Crippen LogP contribution in [0.4, 0.5) is 11.5 Å². The Labute approximate surface area is 139 Å². The third kappa shape index (κ3) is 3.22. The van der Waals surface area contributed by atoms with Crippen molar-refractivity contribution in [3.63, 3.8) is 0 Å². The van der Waals surface area contributed by atoms with Gasteiger partial charge in [0.2, 0.25) is 10.0 Å². The third-order valence-electron chi connectivity index (χ3n) is 3.94. The highest BCUT2D eigenvalue weighted by Gasteiger charge is 2.32. The van der Waals surface area contributed by atoms with Crippen LogP contribution in [0, 0.1) is 10.1 Å². The van der Waals surface area contributed by atoms with Crippen molar-refractivity contribution in [3.05, 3.63) is 58.8 Å². The minimum atomic E-state index is -3.73. The number of aromatic nitrogens is 1. The molecule has 9 heteroatoms. The number of nitro benzene ring substituents is 1. The molecule has 0 atom stereocenters. The Bertz CT molecular complexity index is 834. The molecule has 0 saturated carbocycles. The van der Waals surface area contributed by atoms with Gasteiger partial charge in [-0.25, -0.2) is 13.4 Å². The van der Waals surface area contributed by atoms with E-state index in [2.05, 4.69) is 9.88 Å². The van der Waals surface area contributed by atoms with Crippen LogP contribution in [-0.4, -0.2) is 43.8 Å². The van der Waals surface area contributed by atoms with Gasteiger partial charge in [-0.05, 0) is 12.1 Å². The number of sulfonamides is 1. The molecule has 1 aromatic carbocycles.